The molecule has 1 aromatic rings. The summed E-state index contributed by atoms with van der Waals surface area (Å²) >= 11 is 1.80. The third kappa shape index (κ3) is 3.50. The van der Waals surface area contributed by atoms with Crippen molar-refractivity contribution in [2.45, 2.75) is 19.8 Å². The van der Waals surface area contributed by atoms with Crippen molar-refractivity contribution in [3.05, 3.63) is 21.0 Å². The van der Waals surface area contributed by atoms with Gasteiger partial charge in [0.05, 0.1) is 25.7 Å². The number of nitrogens with zero attached hydrogens (tertiary/aromatic N) is 1. The van der Waals surface area contributed by atoms with Crippen LogP contribution in [-0.2, 0) is 16.0 Å². The number of esters is 1. The Morgan fingerprint density at radius 2 is 2.22 bits per heavy atom. The van der Waals surface area contributed by atoms with E-state index >= 15 is 0 Å². The van der Waals surface area contributed by atoms with Crippen LogP contribution < -0.4 is 4.74 Å². The monoisotopic (exact) mass is 371 g/mol. The van der Waals surface area contributed by atoms with E-state index in [1.54, 1.807) is 29.5 Å². The van der Waals surface area contributed by atoms with Crippen LogP contribution in [0.4, 0.5) is 8.78 Å². The molecule has 0 aliphatic carbocycles. The topological polar surface area (TPSA) is 48.4 Å². The third-order valence-corrected chi connectivity index (χ3v) is 2.94. The number of carbonyl (C=O) groups is 1. The van der Waals surface area contributed by atoms with Gasteiger partial charge >= 0.3 is 5.97 Å². The number of ether oxygens (including phenoxy) is 2. The van der Waals surface area contributed by atoms with Gasteiger partial charge in [-0.3, -0.25) is 4.79 Å². The molecule has 0 saturated carbocycles. The summed E-state index contributed by atoms with van der Waals surface area (Å²) in [6.07, 6.45) is -1.72. The Hall–Kier alpha value is -0.990. The van der Waals surface area contributed by atoms with Gasteiger partial charge < -0.3 is 9.47 Å². The summed E-state index contributed by atoms with van der Waals surface area (Å²) in [7, 11) is 1.29. The number of alkyl halides is 2. The molecule has 18 heavy (non-hydrogen) atoms. The summed E-state index contributed by atoms with van der Waals surface area (Å²) in [5.74, 6) is -0.558. The van der Waals surface area contributed by atoms with E-state index in [-0.39, 0.29) is 29.9 Å². The molecule has 1 aromatic heterocycles. The van der Waals surface area contributed by atoms with Gasteiger partial charge in [0.25, 0.3) is 6.43 Å². The number of halogens is 3. The van der Waals surface area contributed by atoms with Gasteiger partial charge in [-0.1, -0.05) is 0 Å². The van der Waals surface area contributed by atoms with Crippen molar-refractivity contribution in [2.75, 3.05) is 13.7 Å². The van der Waals surface area contributed by atoms with Crippen molar-refractivity contribution in [3.63, 3.8) is 0 Å². The van der Waals surface area contributed by atoms with Gasteiger partial charge in [-0.05, 0) is 35.1 Å². The smallest absolute Gasteiger partial charge is 0.310 e. The number of carbonyl (C=O) groups excluding carboxylic acids is 1. The zero-order chi connectivity index (χ0) is 13.7. The van der Waals surface area contributed by atoms with Crippen molar-refractivity contribution in [3.8, 4) is 5.75 Å². The van der Waals surface area contributed by atoms with Crippen LogP contribution in [-0.4, -0.2) is 24.7 Å². The molecule has 0 radical (unpaired) electrons. The lowest BCUT2D eigenvalue weighted by atomic mass is 10.1. The second-order valence-electron chi connectivity index (χ2n) is 3.30. The number of hydrogen-bond donors (Lipinski definition) is 0. The van der Waals surface area contributed by atoms with E-state index in [0.29, 0.717) is 3.70 Å². The zero-order valence-electron chi connectivity index (χ0n) is 9.87. The molecule has 4 nitrogen and oxygen atoms in total. The molecular formula is C11H12F2INO3. The summed E-state index contributed by atoms with van der Waals surface area (Å²) in [6.45, 7) is 1.86. The Balaban J connectivity index is 3.15. The molecule has 0 aliphatic heterocycles. The van der Waals surface area contributed by atoms with E-state index in [2.05, 4.69) is 4.98 Å². The van der Waals surface area contributed by atoms with Crippen LogP contribution in [0.1, 0.15) is 24.5 Å². The molecule has 0 N–H and O–H groups in total. The van der Waals surface area contributed by atoms with Crippen LogP contribution in [0.25, 0.3) is 0 Å². The maximum absolute atomic E-state index is 13.0. The van der Waals surface area contributed by atoms with Crippen molar-refractivity contribution in [2.24, 2.45) is 0 Å². The largest absolute Gasteiger partial charge is 0.493 e. The van der Waals surface area contributed by atoms with E-state index in [9.17, 15) is 13.6 Å². The normalized spacial score (nSPS) is 10.6. The number of rotatable bonds is 5. The molecule has 0 unspecified atom stereocenters. The minimum Gasteiger partial charge on any atom is -0.493 e. The molecule has 0 amide bonds. The standard InChI is InChI=1S/C11H12F2INO3/c1-3-18-7(16)4-6-5-15-11(14)9(17-2)8(6)10(12)13/h5,10H,3-4H2,1-2H3. The van der Waals surface area contributed by atoms with E-state index in [4.69, 9.17) is 9.47 Å². The van der Waals surface area contributed by atoms with E-state index in [1.165, 1.54) is 13.3 Å². The van der Waals surface area contributed by atoms with Gasteiger partial charge in [0.1, 0.15) is 3.70 Å². The summed E-state index contributed by atoms with van der Waals surface area (Å²) in [5.41, 5.74) is -0.175. The number of aromatic nitrogens is 1. The fraction of sp³-hybridized carbons (Fsp3) is 0.455. The summed E-state index contributed by atoms with van der Waals surface area (Å²) in [5, 5.41) is 0. The van der Waals surface area contributed by atoms with Crippen LogP contribution in [0.3, 0.4) is 0 Å². The molecule has 0 saturated heterocycles. The lowest BCUT2D eigenvalue weighted by Gasteiger charge is -2.13. The number of pyridine rings is 1. The molecular weight excluding hydrogens is 359 g/mol. The highest BCUT2D eigenvalue weighted by molar-refractivity contribution is 14.1. The highest BCUT2D eigenvalue weighted by atomic mass is 127. The van der Waals surface area contributed by atoms with Gasteiger partial charge in [-0.15, -0.1) is 0 Å². The van der Waals surface area contributed by atoms with Crippen molar-refractivity contribution < 1.29 is 23.0 Å². The van der Waals surface area contributed by atoms with Gasteiger partial charge in [-0.2, -0.15) is 0 Å². The molecule has 0 bridgehead atoms. The summed E-state index contributed by atoms with van der Waals surface area (Å²) < 4.78 is 36.0. The van der Waals surface area contributed by atoms with Gasteiger partial charge in [0, 0.05) is 6.20 Å². The van der Waals surface area contributed by atoms with Crippen LogP contribution in [0.5, 0.6) is 5.75 Å². The fourth-order valence-electron chi connectivity index (χ4n) is 1.46. The first-order valence-electron chi connectivity index (χ1n) is 5.16. The van der Waals surface area contributed by atoms with E-state index < -0.39 is 12.4 Å². The molecule has 0 spiro atoms. The van der Waals surface area contributed by atoms with E-state index in [1.807, 2.05) is 0 Å². The highest BCUT2D eigenvalue weighted by Gasteiger charge is 2.23. The van der Waals surface area contributed by atoms with Crippen molar-refractivity contribution in [1.82, 2.24) is 4.98 Å². The SMILES string of the molecule is CCOC(=O)Cc1cnc(I)c(OC)c1C(F)F. The van der Waals surface area contributed by atoms with Crippen LogP contribution in [0.2, 0.25) is 0 Å². The Morgan fingerprint density at radius 1 is 1.56 bits per heavy atom. The van der Waals surface area contributed by atoms with Gasteiger partial charge in [0.15, 0.2) is 5.75 Å². The average Bonchev–Trinajstić information content (AvgIpc) is 2.30. The Bertz CT molecular complexity index is 441. The molecule has 0 fully saturated rings. The van der Waals surface area contributed by atoms with Gasteiger partial charge in [0.2, 0.25) is 0 Å². The van der Waals surface area contributed by atoms with Crippen LogP contribution in [0.15, 0.2) is 6.20 Å². The van der Waals surface area contributed by atoms with Crippen molar-refractivity contribution in [1.29, 1.82) is 0 Å². The second kappa shape index (κ2) is 6.81. The first kappa shape index (κ1) is 15.1. The molecule has 0 atom stereocenters. The van der Waals surface area contributed by atoms with Crippen LogP contribution >= 0.6 is 22.6 Å². The zero-order valence-corrected chi connectivity index (χ0v) is 12.0. The minimum atomic E-state index is -2.74. The highest BCUT2D eigenvalue weighted by Crippen LogP contribution is 2.34. The average molecular weight is 371 g/mol. The second-order valence-corrected chi connectivity index (χ2v) is 4.33. The molecule has 0 aliphatic rings. The molecule has 0 aromatic carbocycles. The molecule has 7 heteroatoms. The van der Waals surface area contributed by atoms with Gasteiger partial charge in [-0.25, -0.2) is 13.8 Å². The van der Waals surface area contributed by atoms with Crippen molar-refractivity contribution >= 4 is 28.6 Å². The Labute approximate surface area is 117 Å². The molecule has 100 valence electrons. The number of hydrogen-bond acceptors (Lipinski definition) is 4. The van der Waals surface area contributed by atoms with E-state index in [0.717, 1.165) is 0 Å². The predicted molar refractivity (Wildman–Crippen MR) is 68.8 cm³/mol. The minimum absolute atomic E-state index is 0.00685. The first-order valence-corrected chi connectivity index (χ1v) is 6.24. The third-order valence-electron chi connectivity index (χ3n) is 2.17. The quantitative estimate of drug-likeness (QED) is 0.454. The molecule has 1 heterocycles. The summed E-state index contributed by atoms with van der Waals surface area (Å²) in [6, 6.07) is 0. The lowest BCUT2D eigenvalue weighted by molar-refractivity contribution is -0.142. The number of methoxy groups -OCH3 is 1. The maximum Gasteiger partial charge on any atom is 0.310 e. The lowest BCUT2D eigenvalue weighted by Crippen LogP contribution is -2.11. The first-order chi connectivity index (χ1) is 8.51. The Kier molecular flexibility index (Phi) is 5.70. The molecule has 1 rings (SSSR count). The fourth-order valence-corrected chi connectivity index (χ4v) is 2.11. The predicted octanol–water partition coefficient (Wildman–Crippen LogP) is 2.74. The Morgan fingerprint density at radius 3 is 2.72 bits per heavy atom. The van der Waals surface area contributed by atoms with Crippen LogP contribution in [0, 0.1) is 3.70 Å². The summed E-state index contributed by atoms with van der Waals surface area (Å²) in [4.78, 5) is 15.3. The maximum atomic E-state index is 13.0.